The summed E-state index contributed by atoms with van der Waals surface area (Å²) in [4.78, 5) is 29.4. The number of carboxylic acid groups (broad SMARTS) is 1. The second kappa shape index (κ2) is 26.0. The first-order valence-electron chi connectivity index (χ1n) is 4.43. The third-order valence-corrected chi connectivity index (χ3v) is 2.38. The molecule has 0 rings (SSSR count). The van der Waals surface area contributed by atoms with Crippen molar-refractivity contribution in [1.29, 1.82) is 0 Å². The van der Waals surface area contributed by atoms with Crippen LogP contribution in [0.1, 0.15) is 0 Å². The van der Waals surface area contributed by atoms with Crippen LogP contribution in [0.4, 0.5) is 4.79 Å². The Bertz CT molecular complexity index is 250. The predicted molar refractivity (Wildman–Crippen MR) is 68.9 cm³/mol. The van der Waals surface area contributed by atoms with Gasteiger partial charge in [0.25, 0.3) is 0 Å². The van der Waals surface area contributed by atoms with Crippen molar-refractivity contribution in [2.24, 2.45) is 0 Å². The predicted octanol–water partition coefficient (Wildman–Crippen LogP) is -9.32. The summed E-state index contributed by atoms with van der Waals surface area (Å²) in [5.74, 6) is 1.94. The normalized spacial score (nSPS) is 8.86. The molecule has 0 aliphatic heterocycles. The molecule has 0 radical (unpaired) electrons. The van der Waals surface area contributed by atoms with E-state index in [-0.39, 0.29) is 101 Å². The van der Waals surface area contributed by atoms with E-state index in [1.807, 2.05) is 0 Å². The second-order valence-electron chi connectivity index (χ2n) is 2.67. The maximum atomic E-state index is 9.14. The average molecular weight is 433 g/mol. The topological polar surface area (TPSA) is 107 Å². The molecule has 0 saturated carbocycles. The van der Waals surface area contributed by atoms with Crippen LogP contribution in [0.25, 0.3) is 0 Å². The van der Waals surface area contributed by atoms with Crippen LogP contribution in [0, 0.1) is 0 Å². The Hall–Kier alpha value is 3.74. The van der Waals surface area contributed by atoms with Crippen LogP contribution < -0.4 is 104 Å². The van der Waals surface area contributed by atoms with Crippen molar-refractivity contribution in [1.82, 2.24) is 4.90 Å². The van der Waals surface area contributed by atoms with E-state index >= 15 is 0 Å². The Kier molecular flexibility index (Phi) is 49.1. The number of alkyl halides is 3. The molecule has 0 unspecified atom stereocenters. The van der Waals surface area contributed by atoms with Gasteiger partial charge in [0.15, 0.2) is 0 Å². The van der Waals surface area contributed by atoms with E-state index in [0.29, 0.717) is 17.6 Å². The van der Waals surface area contributed by atoms with Crippen LogP contribution in [-0.4, -0.2) is 47.9 Å². The Morgan fingerprint density at radius 1 is 0.905 bits per heavy atom. The monoisotopic (exact) mass is 431 g/mol. The molecule has 0 aliphatic carbocycles. The van der Waals surface area contributed by atoms with Gasteiger partial charge in [-0.1, -0.05) is 0 Å². The third kappa shape index (κ3) is 31.9. The van der Waals surface area contributed by atoms with Gasteiger partial charge in [-0.15, -0.1) is 47.2 Å². The maximum Gasteiger partial charge on any atom is 1.00 e. The SMILES string of the molecule is Cl.ClCCN(CCCl)CCCl.O=C([O-])P(=O)([O-])[O-].[Na+].[Na+].[Na+]. The number of carbonyl (C=O) groups is 1. The molecule has 0 aromatic rings. The Morgan fingerprint density at radius 2 is 1.10 bits per heavy atom. The van der Waals surface area contributed by atoms with E-state index in [1.165, 1.54) is 0 Å². The van der Waals surface area contributed by atoms with Crippen molar-refractivity contribution in [2.75, 3.05) is 37.3 Å². The molecule has 0 heterocycles. The Balaban J connectivity index is -0.0000000468. The van der Waals surface area contributed by atoms with Gasteiger partial charge in [0.1, 0.15) is 0 Å². The number of hydrogen-bond acceptors (Lipinski definition) is 6. The van der Waals surface area contributed by atoms with Gasteiger partial charge >= 0.3 is 88.7 Å². The molecule has 0 fully saturated rings. The fourth-order valence-corrected chi connectivity index (χ4v) is 1.41. The van der Waals surface area contributed by atoms with E-state index in [9.17, 15) is 0 Å². The number of rotatable bonds is 7. The number of nitrogens with zero attached hydrogens (tertiary/aromatic N) is 1. The first-order valence-corrected chi connectivity index (χ1v) is 7.58. The Labute approximate surface area is 212 Å². The second-order valence-corrected chi connectivity index (χ2v) is 5.17. The van der Waals surface area contributed by atoms with Gasteiger partial charge in [-0.3, -0.25) is 4.90 Å². The zero-order valence-corrected chi connectivity index (χ0v) is 22.2. The quantitative estimate of drug-likeness (QED) is 0.225. The van der Waals surface area contributed by atoms with Crippen LogP contribution in [0.15, 0.2) is 0 Å². The van der Waals surface area contributed by atoms with Gasteiger partial charge in [-0.05, 0) is 7.60 Å². The fourth-order valence-electron chi connectivity index (χ4n) is 0.694. The van der Waals surface area contributed by atoms with Crippen molar-refractivity contribution >= 4 is 60.5 Å². The summed E-state index contributed by atoms with van der Waals surface area (Å²) in [6.07, 6.45) is 0. The molecule has 0 spiro atoms. The van der Waals surface area contributed by atoms with Gasteiger partial charge in [0.05, 0.1) is 5.71 Å². The summed E-state index contributed by atoms with van der Waals surface area (Å²) in [5, 5.41) is 9.02. The molecule has 0 bridgehead atoms. The number of halogens is 4. The van der Waals surface area contributed by atoms with Gasteiger partial charge < -0.3 is 24.3 Å². The van der Waals surface area contributed by atoms with Gasteiger partial charge in [0, 0.05) is 37.3 Å². The largest absolute Gasteiger partial charge is 1.00 e. The number of hydrogen-bond donors (Lipinski definition) is 0. The molecule has 14 heteroatoms. The van der Waals surface area contributed by atoms with Gasteiger partial charge in [-0.25, -0.2) is 0 Å². The van der Waals surface area contributed by atoms with Crippen LogP contribution >= 0.6 is 54.8 Å². The van der Waals surface area contributed by atoms with Gasteiger partial charge in [-0.2, -0.15) is 0 Å². The molecule has 6 nitrogen and oxygen atoms in total. The molecule has 0 saturated heterocycles. The summed E-state index contributed by atoms with van der Waals surface area (Å²) in [6, 6.07) is 0. The third-order valence-electron chi connectivity index (χ3n) is 1.43. The minimum absolute atomic E-state index is 0. The van der Waals surface area contributed by atoms with E-state index in [4.69, 9.17) is 59.1 Å². The minimum Gasteiger partial charge on any atom is -0.807 e. The first-order chi connectivity index (χ1) is 7.79. The summed E-state index contributed by atoms with van der Waals surface area (Å²) in [6.45, 7) is 2.63. The summed E-state index contributed by atoms with van der Waals surface area (Å²) < 4.78 is 9.14. The van der Waals surface area contributed by atoms with Crippen molar-refractivity contribution in [3.05, 3.63) is 0 Å². The zero-order chi connectivity index (χ0) is 13.9. The molecular formula is C7H13Cl4NNa3O5P. The molecule has 0 aromatic heterocycles. The number of carbonyl (C=O) groups excluding carboxylic acids is 1. The van der Waals surface area contributed by atoms with E-state index in [1.54, 1.807) is 0 Å². The zero-order valence-electron chi connectivity index (χ0n) is 12.2. The average Bonchev–Trinajstić information content (AvgIpc) is 2.18. The first kappa shape index (κ1) is 39.7. The maximum absolute atomic E-state index is 9.14. The fraction of sp³-hybridized carbons (Fsp3) is 0.857. The van der Waals surface area contributed by atoms with Crippen LogP contribution in [0.5, 0.6) is 0 Å². The molecular weight excluding hydrogens is 420 g/mol. The van der Waals surface area contributed by atoms with Crippen molar-refractivity contribution < 1.29 is 113 Å². The smallest absolute Gasteiger partial charge is 0.807 e. The van der Waals surface area contributed by atoms with Crippen LogP contribution in [0.2, 0.25) is 0 Å². The van der Waals surface area contributed by atoms with Crippen molar-refractivity contribution in [3.63, 3.8) is 0 Å². The van der Waals surface area contributed by atoms with E-state index in [0.717, 1.165) is 19.6 Å². The Morgan fingerprint density at radius 3 is 1.19 bits per heavy atom. The summed E-state index contributed by atoms with van der Waals surface area (Å²) >= 11 is 16.6. The molecule has 0 aromatic carbocycles. The standard InChI is InChI=1S/C6H12Cl3N.CH3O5P.ClH.3Na/c7-1-4-10(5-2-8)6-3-9;2-1(3)7(4,5)6;;;;/h1-6H2;(H,2,3)(H2,4,5,6);1H;;;/q;;;3*+1/p-3. The molecule has 0 atom stereocenters. The van der Waals surface area contributed by atoms with Gasteiger partial charge in [0.2, 0.25) is 0 Å². The van der Waals surface area contributed by atoms with Crippen molar-refractivity contribution in [2.45, 2.75) is 0 Å². The molecule has 0 aliphatic rings. The minimum atomic E-state index is -5.43. The van der Waals surface area contributed by atoms with Crippen LogP contribution in [0.3, 0.4) is 0 Å². The van der Waals surface area contributed by atoms with E-state index in [2.05, 4.69) is 4.90 Å². The van der Waals surface area contributed by atoms with E-state index < -0.39 is 13.3 Å². The summed E-state index contributed by atoms with van der Waals surface area (Å²) in [7, 11) is -5.43. The molecule has 0 N–H and O–H groups in total. The van der Waals surface area contributed by atoms with Crippen molar-refractivity contribution in [3.8, 4) is 0 Å². The molecule has 0 amide bonds. The van der Waals surface area contributed by atoms with Crippen LogP contribution in [-0.2, 0) is 4.57 Å². The summed E-state index contributed by atoms with van der Waals surface area (Å²) in [5.41, 5.74) is -2.56. The molecule has 112 valence electrons. The molecule has 21 heavy (non-hydrogen) atoms.